The molecule has 2 aromatic rings. The average molecular weight is 410 g/mol. The van der Waals surface area contributed by atoms with Crippen molar-refractivity contribution < 1.29 is 33.2 Å². The number of ether oxygens (including phenoxy) is 2. The van der Waals surface area contributed by atoms with Gasteiger partial charge in [-0.15, -0.1) is 11.3 Å². The smallest absolute Gasteiger partial charge is 0.433 e. The number of rotatable bonds is 8. The minimum atomic E-state index is -1.02. The van der Waals surface area contributed by atoms with Gasteiger partial charge in [0.25, 0.3) is 5.91 Å². The van der Waals surface area contributed by atoms with Gasteiger partial charge in [-0.2, -0.15) is 0 Å². The van der Waals surface area contributed by atoms with Gasteiger partial charge in [-0.3, -0.25) is 14.9 Å². The molecule has 0 aromatic carbocycles. The topological polar surface area (TPSA) is 138 Å². The number of amides is 1. The first kappa shape index (κ1) is 21.1. The molecule has 0 atom stereocenters. The van der Waals surface area contributed by atoms with Gasteiger partial charge in [-0.25, -0.2) is 9.59 Å². The number of carbonyl (C=O) groups is 3. The maximum absolute atomic E-state index is 12.2. The predicted molar refractivity (Wildman–Crippen MR) is 98.7 cm³/mol. The maximum Gasteiger partial charge on any atom is 0.433 e. The van der Waals surface area contributed by atoms with Gasteiger partial charge in [-0.1, -0.05) is 6.92 Å². The molecule has 0 bridgehead atoms. The lowest BCUT2D eigenvalue weighted by atomic mass is 10.1. The van der Waals surface area contributed by atoms with E-state index in [0.29, 0.717) is 11.4 Å². The Bertz CT molecular complexity index is 914. The van der Waals surface area contributed by atoms with E-state index in [0.717, 1.165) is 22.6 Å². The van der Waals surface area contributed by atoms with E-state index in [9.17, 15) is 24.5 Å². The molecule has 0 radical (unpaired) electrons. The molecule has 1 amide bonds. The first-order chi connectivity index (χ1) is 13.3. The second-order valence-corrected chi connectivity index (χ2v) is 6.55. The summed E-state index contributed by atoms with van der Waals surface area (Å²) < 4.78 is 14.5. The summed E-state index contributed by atoms with van der Waals surface area (Å²) in [4.78, 5) is 46.8. The normalized spacial score (nSPS) is 10.4. The Labute approximate surface area is 163 Å². The number of carbonyl (C=O) groups excluding carboxylic acids is 3. The van der Waals surface area contributed by atoms with E-state index in [4.69, 9.17) is 13.9 Å². The monoisotopic (exact) mass is 410 g/mol. The summed E-state index contributed by atoms with van der Waals surface area (Å²) in [5.74, 6) is -3.26. The molecule has 0 aliphatic rings. The van der Waals surface area contributed by atoms with Crippen LogP contribution in [-0.2, 0) is 20.7 Å². The molecule has 1 N–H and O–H groups in total. The summed E-state index contributed by atoms with van der Waals surface area (Å²) in [6.45, 7) is 4.89. The molecule has 0 fully saturated rings. The van der Waals surface area contributed by atoms with Crippen LogP contribution in [0.1, 0.15) is 45.2 Å². The number of nitrogens with one attached hydrogen (secondary N) is 1. The van der Waals surface area contributed by atoms with Crippen molar-refractivity contribution in [1.82, 2.24) is 0 Å². The molecule has 2 heterocycles. The minimum Gasteiger partial charge on any atom is -0.462 e. The number of esters is 2. The fraction of sp³-hybridized carbons (Fsp3) is 0.353. The van der Waals surface area contributed by atoms with Crippen molar-refractivity contribution in [3.05, 3.63) is 44.0 Å². The fourth-order valence-corrected chi connectivity index (χ4v) is 3.48. The SMILES string of the molecule is CCOC(=O)c1c(NC(=O)COC(=O)c2ccc([N+](=O)[O-])o2)sc(CC)c1C. The summed E-state index contributed by atoms with van der Waals surface area (Å²) >= 11 is 1.24. The van der Waals surface area contributed by atoms with Gasteiger partial charge in [0.1, 0.15) is 9.92 Å². The van der Waals surface area contributed by atoms with E-state index in [1.807, 2.05) is 6.92 Å². The predicted octanol–water partition coefficient (Wildman–Crippen LogP) is 3.09. The van der Waals surface area contributed by atoms with Crippen LogP contribution < -0.4 is 5.32 Å². The van der Waals surface area contributed by atoms with Crippen LogP contribution in [0.3, 0.4) is 0 Å². The highest BCUT2D eigenvalue weighted by Gasteiger charge is 2.24. The first-order valence-corrected chi connectivity index (χ1v) is 9.10. The molecule has 0 aliphatic carbocycles. The number of anilines is 1. The molecule has 0 saturated heterocycles. The van der Waals surface area contributed by atoms with Crippen LogP contribution in [-0.4, -0.2) is 36.0 Å². The number of nitro groups is 1. The molecule has 150 valence electrons. The summed E-state index contributed by atoms with van der Waals surface area (Å²) in [5.41, 5.74) is 0.992. The van der Waals surface area contributed by atoms with Gasteiger partial charge < -0.3 is 19.2 Å². The Hall–Kier alpha value is -3.21. The van der Waals surface area contributed by atoms with Gasteiger partial charge in [0.2, 0.25) is 5.76 Å². The summed E-state index contributed by atoms with van der Waals surface area (Å²) in [5, 5.41) is 13.4. The molecule has 0 spiro atoms. The highest BCUT2D eigenvalue weighted by Crippen LogP contribution is 2.34. The van der Waals surface area contributed by atoms with Crippen molar-refractivity contribution in [2.45, 2.75) is 27.2 Å². The lowest BCUT2D eigenvalue weighted by molar-refractivity contribution is -0.402. The Morgan fingerprint density at radius 3 is 2.50 bits per heavy atom. The van der Waals surface area contributed by atoms with Gasteiger partial charge in [0, 0.05) is 4.88 Å². The fourth-order valence-electron chi connectivity index (χ4n) is 2.34. The molecule has 10 nitrogen and oxygen atoms in total. The Morgan fingerprint density at radius 2 is 1.93 bits per heavy atom. The highest BCUT2D eigenvalue weighted by atomic mass is 32.1. The average Bonchev–Trinajstić information content (AvgIpc) is 3.25. The van der Waals surface area contributed by atoms with E-state index >= 15 is 0 Å². The van der Waals surface area contributed by atoms with Crippen molar-refractivity contribution in [2.75, 3.05) is 18.5 Å². The first-order valence-electron chi connectivity index (χ1n) is 8.29. The van der Waals surface area contributed by atoms with Crippen LogP contribution in [0.5, 0.6) is 0 Å². The third-order valence-corrected chi connectivity index (χ3v) is 4.96. The molecule has 2 aromatic heterocycles. The second kappa shape index (κ2) is 9.13. The summed E-state index contributed by atoms with van der Waals surface area (Å²) in [7, 11) is 0. The van der Waals surface area contributed by atoms with E-state index in [2.05, 4.69) is 5.32 Å². The lowest BCUT2D eigenvalue weighted by Gasteiger charge is -2.07. The molecule has 11 heteroatoms. The number of nitrogens with zero attached hydrogens (tertiary/aromatic N) is 1. The third kappa shape index (κ3) is 4.74. The van der Waals surface area contributed by atoms with E-state index in [1.54, 1.807) is 13.8 Å². The van der Waals surface area contributed by atoms with Crippen molar-refractivity contribution in [3.63, 3.8) is 0 Å². The molecular formula is C17H18N2O8S. The van der Waals surface area contributed by atoms with Gasteiger partial charge in [0.15, 0.2) is 6.61 Å². The van der Waals surface area contributed by atoms with Crippen LogP contribution in [0.15, 0.2) is 16.5 Å². The second-order valence-electron chi connectivity index (χ2n) is 5.45. The van der Waals surface area contributed by atoms with Crippen LogP contribution in [0.2, 0.25) is 0 Å². The van der Waals surface area contributed by atoms with E-state index in [1.165, 1.54) is 11.3 Å². The maximum atomic E-state index is 12.2. The van der Waals surface area contributed by atoms with Gasteiger partial charge >= 0.3 is 17.8 Å². The number of thiophene rings is 1. The van der Waals surface area contributed by atoms with Crippen molar-refractivity contribution in [1.29, 1.82) is 0 Å². The van der Waals surface area contributed by atoms with Crippen LogP contribution in [0, 0.1) is 17.0 Å². The minimum absolute atomic E-state index is 0.190. The molecular weight excluding hydrogens is 392 g/mol. The number of furan rings is 1. The number of hydrogen-bond acceptors (Lipinski definition) is 9. The van der Waals surface area contributed by atoms with Gasteiger partial charge in [-0.05, 0) is 31.9 Å². The van der Waals surface area contributed by atoms with Crippen LogP contribution >= 0.6 is 11.3 Å². The van der Waals surface area contributed by atoms with Crippen LogP contribution in [0.25, 0.3) is 0 Å². The molecule has 0 aliphatic heterocycles. The quantitative estimate of drug-likeness (QED) is 0.398. The van der Waals surface area contributed by atoms with Crippen molar-refractivity contribution >= 4 is 40.1 Å². The van der Waals surface area contributed by atoms with E-state index < -0.39 is 41.0 Å². The molecule has 0 saturated carbocycles. The Balaban J connectivity index is 2.05. The summed E-state index contributed by atoms with van der Waals surface area (Å²) in [6, 6.07) is 2.08. The largest absolute Gasteiger partial charge is 0.462 e. The standard InChI is InChI=1S/C17H18N2O8S/c1-4-11-9(3)14(17(22)25-5-2)15(28-11)18-12(20)8-26-16(21)10-6-7-13(27-10)19(23)24/h6-7H,4-5,8H2,1-3H3,(H,18,20). The molecule has 2 rings (SSSR count). The highest BCUT2D eigenvalue weighted by molar-refractivity contribution is 7.17. The zero-order valence-electron chi connectivity index (χ0n) is 15.4. The van der Waals surface area contributed by atoms with E-state index in [-0.39, 0.29) is 12.2 Å². The molecule has 28 heavy (non-hydrogen) atoms. The van der Waals surface area contributed by atoms with Crippen molar-refractivity contribution in [3.8, 4) is 0 Å². The zero-order chi connectivity index (χ0) is 20.8. The zero-order valence-corrected chi connectivity index (χ0v) is 16.2. The lowest BCUT2D eigenvalue weighted by Crippen LogP contribution is -2.21. The van der Waals surface area contributed by atoms with Crippen molar-refractivity contribution in [2.24, 2.45) is 0 Å². The summed E-state index contributed by atoms with van der Waals surface area (Å²) in [6.07, 6.45) is 0.672. The Kier molecular flexibility index (Phi) is 6.88. The Morgan fingerprint density at radius 1 is 1.21 bits per heavy atom. The molecule has 0 unspecified atom stereocenters. The third-order valence-electron chi connectivity index (χ3n) is 3.61. The van der Waals surface area contributed by atoms with Crippen LogP contribution in [0.4, 0.5) is 10.9 Å². The number of hydrogen-bond donors (Lipinski definition) is 1. The van der Waals surface area contributed by atoms with Gasteiger partial charge in [0.05, 0.1) is 18.2 Å². The number of aryl methyl sites for hydroxylation is 1.